The molecule has 82 valence electrons. The maximum absolute atomic E-state index is 8.91. The number of aliphatic hydroxyl groups excluding tert-OH is 2. The Labute approximate surface area is 87.3 Å². The summed E-state index contributed by atoms with van der Waals surface area (Å²) >= 11 is 0. The van der Waals surface area contributed by atoms with Gasteiger partial charge in [-0.3, -0.25) is 0 Å². The van der Waals surface area contributed by atoms with Crippen LogP contribution >= 0.6 is 0 Å². The van der Waals surface area contributed by atoms with Gasteiger partial charge in [0.05, 0.1) is 6.61 Å². The van der Waals surface area contributed by atoms with Crippen LogP contribution in [-0.4, -0.2) is 22.9 Å². The van der Waals surface area contributed by atoms with Crippen LogP contribution in [0.2, 0.25) is 0 Å². The lowest BCUT2D eigenvalue weighted by molar-refractivity contribution is 0.138. The van der Waals surface area contributed by atoms with E-state index in [4.69, 9.17) is 10.2 Å². The van der Waals surface area contributed by atoms with E-state index in [1.54, 1.807) is 0 Å². The van der Waals surface area contributed by atoms with Crippen LogP contribution in [-0.2, 0) is 0 Å². The van der Waals surface area contributed by atoms with E-state index in [2.05, 4.69) is 18.8 Å². The van der Waals surface area contributed by atoms with Crippen LogP contribution in [0.25, 0.3) is 0 Å². The van der Waals surface area contributed by atoms with Gasteiger partial charge in [0.2, 0.25) is 0 Å². The summed E-state index contributed by atoms with van der Waals surface area (Å²) in [4.78, 5) is 0. The van der Waals surface area contributed by atoms with Crippen molar-refractivity contribution in [3.63, 3.8) is 0 Å². The Morgan fingerprint density at radius 1 is 1.07 bits per heavy atom. The van der Waals surface area contributed by atoms with Gasteiger partial charge in [0, 0.05) is 6.42 Å². The monoisotopic (exact) mass is 198 g/mol. The third-order valence-corrected chi connectivity index (χ3v) is 2.10. The summed E-state index contributed by atoms with van der Waals surface area (Å²) in [6.07, 6.45) is 7.54. The van der Waals surface area contributed by atoms with Gasteiger partial charge in [-0.25, -0.2) is 0 Å². The zero-order valence-corrected chi connectivity index (χ0v) is 9.13. The molecule has 1 atom stereocenters. The first kappa shape index (κ1) is 13.5. The van der Waals surface area contributed by atoms with Gasteiger partial charge in [-0.1, -0.05) is 44.9 Å². The molecule has 0 bridgehead atoms. The molecular weight excluding hydrogens is 176 g/mol. The van der Waals surface area contributed by atoms with Crippen LogP contribution in [0.15, 0.2) is 0 Å². The van der Waals surface area contributed by atoms with Crippen LogP contribution in [0, 0.1) is 11.8 Å². The van der Waals surface area contributed by atoms with Gasteiger partial charge < -0.3 is 10.2 Å². The molecule has 0 amide bonds. The summed E-state index contributed by atoms with van der Waals surface area (Å²) in [7, 11) is 0. The topological polar surface area (TPSA) is 40.5 Å². The molecular formula is C12H22O2. The van der Waals surface area contributed by atoms with E-state index in [0.29, 0.717) is 0 Å². The second-order valence-corrected chi connectivity index (χ2v) is 3.54. The fraction of sp³-hybridized carbons (Fsp3) is 0.833. The van der Waals surface area contributed by atoms with Crippen LogP contribution in [0.5, 0.6) is 0 Å². The minimum Gasteiger partial charge on any atom is -0.393 e. The number of aliphatic hydroxyl groups is 2. The molecule has 0 aromatic rings. The van der Waals surface area contributed by atoms with Crippen LogP contribution in [0.1, 0.15) is 51.9 Å². The zero-order chi connectivity index (χ0) is 10.6. The standard InChI is InChI=1S/C12H22O2/c1-2-3-4-5-6-7-8-9-10-12(14)11-13/h12-14H,2-8,11H2,1H3. The zero-order valence-electron chi connectivity index (χ0n) is 9.13. The van der Waals surface area contributed by atoms with Gasteiger partial charge in [0.1, 0.15) is 6.10 Å². The number of hydrogen-bond donors (Lipinski definition) is 2. The molecule has 0 radical (unpaired) electrons. The number of hydrogen-bond acceptors (Lipinski definition) is 2. The summed E-state index contributed by atoms with van der Waals surface area (Å²) in [6.45, 7) is 1.95. The highest BCUT2D eigenvalue weighted by atomic mass is 16.3. The molecule has 0 aliphatic rings. The smallest absolute Gasteiger partial charge is 0.137 e. The third kappa shape index (κ3) is 9.57. The third-order valence-electron chi connectivity index (χ3n) is 2.10. The van der Waals surface area contributed by atoms with Gasteiger partial charge in [-0.2, -0.15) is 0 Å². The minimum atomic E-state index is -0.852. The molecule has 0 aromatic heterocycles. The predicted octanol–water partition coefficient (Wildman–Crippen LogP) is 2.09. The van der Waals surface area contributed by atoms with Crippen molar-refractivity contribution in [2.45, 2.75) is 58.0 Å². The normalized spacial score (nSPS) is 11.9. The Bertz CT molecular complexity index is 167. The van der Waals surface area contributed by atoms with Crippen molar-refractivity contribution in [1.82, 2.24) is 0 Å². The van der Waals surface area contributed by atoms with Crippen molar-refractivity contribution in [3.05, 3.63) is 0 Å². The molecule has 1 unspecified atom stereocenters. The molecule has 0 aromatic carbocycles. The highest BCUT2D eigenvalue weighted by Crippen LogP contribution is 2.06. The first-order chi connectivity index (χ1) is 6.81. The highest BCUT2D eigenvalue weighted by molar-refractivity contribution is 5.04. The van der Waals surface area contributed by atoms with Gasteiger partial charge in [-0.15, -0.1) is 5.92 Å². The summed E-state index contributed by atoms with van der Waals surface area (Å²) < 4.78 is 0. The SMILES string of the molecule is CCCCCCCCC#CC(O)CO. The molecule has 0 aliphatic heterocycles. The molecule has 14 heavy (non-hydrogen) atoms. The highest BCUT2D eigenvalue weighted by Gasteiger charge is 1.92. The van der Waals surface area contributed by atoms with E-state index in [1.807, 2.05) is 0 Å². The lowest BCUT2D eigenvalue weighted by Gasteiger charge is -1.97. The lowest BCUT2D eigenvalue weighted by atomic mass is 10.1. The van der Waals surface area contributed by atoms with Gasteiger partial charge >= 0.3 is 0 Å². The molecule has 2 N–H and O–H groups in total. The lowest BCUT2D eigenvalue weighted by Crippen LogP contribution is -2.07. The molecule has 0 saturated heterocycles. The van der Waals surface area contributed by atoms with Crippen LogP contribution in [0.3, 0.4) is 0 Å². The average molecular weight is 198 g/mol. The van der Waals surface area contributed by atoms with Crippen molar-refractivity contribution in [1.29, 1.82) is 0 Å². The Hall–Kier alpha value is -0.520. The fourth-order valence-corrected chi connectivity index (χ4v) is 1.23. The van der Waals surface area contributed by atoms with Gasteiger partial charge in [-0.05, 0) is 6.42 Å². The number of rotatable bonds is 7. The van der Waals surface area contributed by atoms with Crippen molar-refractivity contribution in [3.8, 4) is 11.8 Å². The maximum atomic E-state index is 8.91. The van der Waals surface area contributed by atoms with E-state index in [0.717, 1.165) is 12.8 Å². The molecule has 0 aliphatic carbocycles. The second kappa shape index (κ2) is 10.6. The van der Waals surface area contributed by atoms with Crippen molar-refractivity contribution < 1.29 is 10.2 Å². The molecule has 2 heteroatoms. The fourth-order valence-electron chi connectivity index (χ4n) is 1.23. The quantitative estimate of drug-likeness (QED) is 0.486. The first-order valence-electron chi connectivity index (χ1n) is 5.58. The van der Waals surface area contributed by atoms with E-state index < -0.39 is 6.10 Å². The Morgan fingerprint density at radius 2 is 1.71 bits per heavy atom. The summed E-state index contributed by atoms with van der Waals surface area (Å²) in [5.41, 5.74) is 0. The van der Waals surface area contributed by atoms with E-state index >= 15 is 0 Å². The van der Waals surface area contributed by atoms with Crippen LogP contribution < -0.4 is 0 Å². The van der Waals surface area contributed by atoms with E-state index in [-0.39, 0.29) is 6.61 Å². The van der Waals surface area contributed by atoms with E-state index in [1.165, 1.54) is 32.1 Å². The summed E-state index contributed by atoms with van der Waals surface area (Å²) in [5.74, 6) is 5.46. The second-order valence-electron chi connectivity index (χ2n) is 3.54. The molecule has 0 rings (SSSR count). The summed E-state index contributed by atoms with van der Waals surface area (Å²) in [5, 5.41) is 17.4. The molecule has 2 nitrogen and oxygen atoms in total. The largest absolute Gasteiger partial charge is 0.393 e. The van der Waals surface area contributed by atoms with Gasteiger partial charge in [0.25, 0.3) is 0 Å². The predicted molar refractivity (Wildman–Crippen MR) is 58.9 cm³/mol. The Morgan fingerprint density at radius 3 is 2.36 bits per heavy atom. The van der Waals surface area contributed by atoms with Crippen LogP contribution in [0.4, 0.5) is 0 Å². The van der Waals surface area contributed by atoms with Gasteiger partial charge in [0.15, 0.2) is 0 Å². The minimum absolute atomic E-state index is 0.260. The van der Waals surface area contributed by atoms with E-state index in [9.17, 15) is 0 Å². The molecule has 0 fully saturated rings. The molecule has 0 heterocycles. The maximum Gasteiger partial charge on any atom is 0.137 e. The summed E-state index contributed by atoms with van der Waals surface area (Å²) in [6, 6.07) is 0. The Kier molecular flexibility index (Phi) is 10.2. The van der Waals surface area contributed by atoms with Crippen molar-refractivity contribution in [2.75, 3.05) is 6.61 Å². The first-order valence-corrected chi connectivity index (χ1v) is 5.58. The number of unbranched alkanes of at least 4 members (excludes halogenated alkanes) is 6. The molecule has 0 spiro atoms. The van der Waals surface area contributed by atoms with Crippen molar-refractivity contribution in [2.24, 2.45) is 0 Å². The average Bonchev–Trinajstić information content (AvgIpc) is 2.21. The molecule has 0 saturated carbocycles. The Balaban J connectivity index is 3.15. The van der Waals surface area contributed by atoms with Crippen molar-refractivity contribution >= 4 is 0 Å².